The molecule has 1 saturated carbocycles. The fourth-order valence-electron chi connectivity index (χ4n) is 5.20. The Morgan fingerprint density at radius 1 is 1.03 bits per heavy atom. The lowest BCUT2D eigenvalue weighted by atomic mass is 9.85. The number of hydrogen-bond acceptors (Lipinski definition) is 6. The number of aryl methyl sites for hydroxylation is 1. The molecule has 3 aromatic rings. The zero-order chi connectivity index (χ0) is 25.3. The molecule has 0 saturated heterocycles. The quantitative estimate of drug-likeness (QED) is 0.475. The summed E-state index contributed by atoms with van der Waals surface area (Å²) in [5.74, 6) is 0.395. The number of benzene rings is 2. The number of sulfonamides is 1. The van der Waals surface area contributed by atoms with E-state index in [4.69, 9.17) is 4.42 Å². The summed E-state index contributed by atoms with van der Waals surface area (Å²) in [4.78, 5) is 13.1. The third kappa shape index (κ3) is 4.76. The maximum Gasteiger partial charge on any atom is 0.343 e. The molecule has 0 radical (unpaired) electrons. The molecule has 2 aromatic carbocycles. The van der Waals surface area contributed by atoms with Crippen LogP contribution < -0.4 is 10.3 Å². The second-order valence-electron chi connectivity index (χ2n) is 9.62. The van der Waals surface area contributed by atoms with Crippen molar-refractivity contribution in [2.45, 2.75) is 62.2 Å². The third-order valence-electron chi connectivity index (χ3n) is 7.09. The number of nitriles is 1. The number of hydrogen-bond donors (Lipinski definition) is 2. The van der Waals surface area contributed by atoms with Gasteiger partial charge in [-0.15, -0.1) is 0 Å². The molecule has 1 unspecified atom stereocenters. The molecule has 2 aliphatic carbocycles. The Balaban J connectivity index is 1.53. The van der Waals surface area contributed by atoms with Gasteiger partial charge in [0, 0.05) is 23.6 Å². The van der Waals surface area contributed by atoms with Gasteiger partial charge in [-0.05, 0) is 67.9 Å². The van der Waals surface area contributed by atoms with Gasteiger partial charge in [0.2, 0.25) is 0 Å². The summed E-state index contributed by atoms with van der Waals surface area (Å²) in [7, 11) is -4.01. The highest BCUT2D eigenvalue weighted by Gasteiger charge is 2.38. The molecule has 1 atom stereocenters. The Morgan fingerprint density at radius 2 is 1.78 bits per heavy atom. The average molecular weight is 505 g/mol. The summed E-state index contributed by atoms with van der Waals surface area (Å²) in [6.45, 7) is 0. The van der Waals surface area contributed by atoms with Crippen molar-refractivity contribution in [3.05, 3.63) is 87.0 Å². The van der Waals surface area contributed by atoms with Crippen LogP contribution in [0.15, 0.2) is 62.6 Å². The van der Waals surface area contributed by atoms with E-state index in [0.29, 0.717) is 24.3 Å². The van der Waals surface area contributed by atoms with Gasteiger partial charge in [-0.25, -0.2) is 13.2 Å². The van der Waals surface area contributed by atoms with Crippen LogP contribution in [-0.2, 0) is 22.9 Å². The average Bonchev–Trinajstić information content (AvgIpc) is 3.68. The molecule has 36 heavy (non-hydrogen) atoms. The molecule has 0 bridgehead atoms. The molecule has 8 heteroatoms. The standard InChI is InChI=1S/C28H28N2O5S/c29-17-20-8-5-6-13-24(20)36(33,34)30-21-10-7-9-19(16-21)25(18-14-15-18)26-27(31)22-11-3-1-2-4-12-23(22)35-28(26)32/h5-10,13,16,18,25,30-31H,1-4,11-12,14-15H2. The van der Waals surface area contributed by atoms with Crippen molar-refractivity contribution in [1.82, 2.24) is 0 Å². The van der Waals surface area contributed by atoms with Gasteiger partial charge in [-0.3, -0.25) is 4.72 Å². The van der Waals surface area contributed by atoms with Gasteiger partial charge in [0.15, 0.2) is 0 Å². The van der Waals surface area contributed by atoms with E-state index in [-0.39, 0.29) is 27.7 Å². The van der Waals surface area contributed by atoms with Crippen LogP contribution in [-0.4, -0.2) is 13.5 Å². The number of nitrogens with one attached hydrogen (secondary N) is 1. The minimum Gasteiger partial charge on any atom is -0.507 e. The second-order valence-corrected chi connectivity index (χ2v) is 11.3. The zero-order valence-electron chi connectivity index (χ0n) is 19.9. The van der Waals surface area contributed by atoms with Crippen molar-refractivity contribution in [3.8, 4) is 11.8 Å². The summed E-state index contributed by atoms with van der Waals surface area (Å²) >= 11 is 0. The Hall–Kier alpha value is -3.57. The fourth-order valence-corrected chi connectivity index (χ4v) is 6.41. The molecule has 1 fully saturated rings. The lowest BCUT2D eigenvalue weighted by Gasteiger charge is -2.22. The van der Waals surface area contributed by atoms with E-state index >= 15 is 0 Å². The SMILES string of the molecule is N#Cc1ccccc1S(=O)(=O)Nc1cccc(C(c2c(O)c3c(oc2=O)CCCCCC3)C2CC2)c1. The number of anilines is 1. The molecular weight excluding hydrogens is 476 g/mol. The maximum absolute atomic E-state index is 13.2. The predicted octanol–water partition coefficient (Wildman–Crippen LogP) is 5.22. The Kier molecular flexibility index (Phi) is 6.59. The van der Waals surface area contributed by atoms with Gasteiger partial charge in [-0.2, -0.15) is 5.26 Å². The maximum atomic E-state index is 13.2. The first-order valence-corrected chi connectivity index (χ1v) is 13.9. The first-order chi connectivity index (χ1) is 17.4. The molecule has 1 aromatic heterocycles. The van der Waals surface area contributed by atoms with E-state index in [9.17, 15) is 23.6 Å². The van der Waals surface area contributed by atoms with Gasteiger partial charge >= 0.3 is 5.63 Å². The minimum absolute atomic E-state index is 0.0361. The third-order valence-corrected chi connectivity index (χ3v) is 8.53. The molecule has 0 aliphatic heterocycles. The highest BCUT2D eigenvalue weighted by molar-refractivity contribution is 7.92. The summed E-state index contributed by atoms with van der Waals surface area (Å²) in [6.07, 6.45) is 7.16. The molecule has 5 rings (SSSR count). The van der Waals surface area contributed by atoms with E-state index in [1.165, 1.54) is 12.1 Å². The van der Waals surface area contributed by atoms with Crippen LogP contribution in [0.2, 0.25) is 0 Å². The zero-order valence-corrected chi connectivity index (χ0v) is 20.7. The molecule has 2 aliphatic rings. The number of fused-ring (bicyclic) bond motifs is 1. The normalized spacial score (nSPS) is 16.8. The van der Waals surface area contributed by atoms with E-state index in [1.807, 2.05) is 12.1 Å². The monoisotopic (exact) mass is 504 g/mol. The summed E-state index contributed by atoms with van der Waals surface area (Å²) in [5.41, 5.74) is 1.60. The van der Waals surface area contributed by atoms with Crippen molar-refractivity contribution in [2.75, 3.05) is 4.72 Å². The smallest absolute Gasteiger partial charge is 0.343 e. The van der Waals surface area contributed by atoms with Gasteiger partial charge in [-0.1, -0.05) is 37.1 Å². The van der Waals surface area contributed by atoms with Gasteiger partial charge in [0.25, 0.3) is 10.0 Å². The van der Waals surface area contributed by atoms with Crippen LogP contribution in [0.3, 0.4) is 0 Å². The van der Waals surface area contributed by atoms with Crippen molar-refractivity contribution >= 4 is 15.7 Å². The first-order valence-electron chi connectivity index (χ1n) is 12.4. The number of aromatic hydroxyl groups is 1. The largest absolute Gasteiger partial charge is 0.507 e. The molecular formula is C28H28N2O5S. The van der Waals surface area contributed by atoms with E-state index in [0.717, 1.165) is 49.7 Å². The highest BCUT2D eigenvalue weighted by Crippen LogP contribution is 2.49. The Labute approximate surface area is 210 Å². The molecule has 0 spiro atoms. The molecule has 186 valence electrons. The lowest BCUT2D eigenvalue weighted by Crippen LogP contribution is -2.19. The molecule has 2 N–H and O–H groups in total. The van der Waals surface area contributed by atoms with Crippen LogP contribution in [0.25, 0.3) is 0 Å². The Morgan fingerprint density at radius 3 is 2.53 bits per heavy atom. The van der Waals surface area contributed by atoms with Crippen LogP contribution >= 0.6 is 0 Å². The topological polar surface area (TPSA) is 120 Å². The van der Waals surface area contributed by atoms with Crippen molar-refractivity contribution in [1.29, 1.82) is 5.26 Å². The van der Waals surface area contributed by atoms with Gasteiger partial charge in [0.05, 0.1) is 11.1 Å². The number of rotatable bonds is 6. The van der Waals surface area contributed by atoms with Crippen LogP contribution in [0.4, 0.5) is 5.69 Å². The van der Waals surface area contributed by atoms with E-state index in [1.54, 1.807) is 30.3 Å². The van der Waals surface area contributed by atoms with Gasteiger partial charge in [0.1, 0.15) is 22.5 Å². The number of nitrogens with zero attached hydrogens (tertiary/aromatic N) is 1. The van der Waals surface area contributed by atoms with Crippen LogP contribution in [0, 0.1) is 17.2 Å². The van der Waals surface area contributed by atoms with Crippen molar-refractivity contribution in [2.24, 2.45) is 5.92 Å². The lowest BCUT2D eigenvalue weighted by molar-refractivity contribution is 0.382. The minimum atomic E-state index is -4.01. The van der Waals surface area contributed by atoms with Crippen molar-refractivity contribution < 1.29 is 17.9 Å². The highest BCUT2D eigenvalue weighted by atomic mass is 32.2. The fraction of sp³-hybridized carbons (Fsp3) is 0.357. The molecule has 1 heterocycles. The van der Waals surface area contributed by atoms with E-state index < -0.39 is 21.6 Å². The van der Waals surface area contributed by atoms with E-state index in [2.05, 4.69) is 4.72 Å². The molecule has 7 nitrogen and oxygen atoms in total. The first kappa shape index (κ1) is 24.1. The predicted molar refractivity (Wildman–Crippen MR) is 135 cm³/mol. The van der Waals surface area contributed by atoms with Crippen LogP contribution in [0.1, 0.15) is 72.5 Å². The van der Waals surface area contributed by atoms with Crippen molar-refractivity contribution in [3.63, 3.8) is 0 Å². The second kappa shape index (κ2) is 9.82. The summed E-state index contributed by atoms with van der Waals surface area (Å²) in [6, 6.07) is 14.8. The summed E-state index contributed by atoms with van der Waals surface area (Å²) in [5, 5.41) is 20.6. The van der Waals surface area contributed by atoms with Crippen LogP contribution in [0.5, 0.6) is 5.75 Å². The van der Waals surface area contributed by atoms with Gasteiger partial charge < -0.3 is 9.52 Å². The summed E-state index contributed by atoms with van der Waals surface area (Å²) < 4.78 is 34.4. The molecule has 0 amide bonds. The Bertz CT molecular complexity index is 1500.